The van der Waals surface area contributed by atoms with Gasteiger partial charge in [-0.1, -0.05) is 43.3 Å². The van der Waals surface area contributed by atoms with Crippen molar-refractivity contribution >= 4 is 5.96 Å². The van der Waals surface area contributed by atoms with Crippen LogP contribution in [0.4, 0.5) is 13.2 Å². The van der Waals surface area contributed by atoms with Crippen LogP contribution in [0.15, 0.2) is 65.9 Å². The summed E-state index contributed by atoms with van der Waals surface area (Å²) in [5.74, 6) is 1.28. The fraction of sp³-hybridized carbons (Fsp3) is 0.318. The van der Waals surface area contributed by atoms with Crippen LogP contribution < -0.4 is 10.6 Å². The van der Waals surface area contributed by atoms with Gasteiger partial charge in [-0.25, -0.2) is 0 Å². The van der Waals surface area contributed by atoms with E-state index in [4.69, 9.17) is 0 Å². The van der Waals surface area contributed by atoms with Gasteiger partial charge in [0.25, 0.3) is 0 Å². The predicted octanol–water partition coefficient (Wildman–Crippen LogP) is 4.14. The van der Waals surface area contributed by atoms with E-state index in [-0.39, 0.29) is 5.92 Å². The highest BCUT2D eigenvalue weighted by Crippen LogP contribution is 2.31. The highest BCUT2D eigenvalue weighted by Gasteiger charge is 2.30. The number of benzene rings is 2. The van der Waals surface area contributed by atoms with Crippen LogP contribution >= 0.6 is 0 Å². The average molecular weight is 430 g/mol. The first-order chi connectivity index (χ1) is 14.9. The maximum absolute atomic E-state index is 12.9. The van der Waals surface area contributed by atoms with Crippen LogP contribution in [-0.4, -0.2) is 34.3 Å². The first kappa shape index (κ1) is 22.3. The first-order valence-corrected chi connectivity index (χ1v) is 9.94. The number of alkyl halides is 3. The molecule has 31 heavy (non-hydrogen) atoms. The molecule has 0 bridgehead atoms. The van der Waals surface area contributed by atoms with Crippen molar-refractivity contribution < 1.29 is 13.2 Å². The van der Waals surface area contributed by atoms with Crippen molar-refractivity contribution in [3.05, 3.63) is 77.9 Å². The minimum atomic E-state index is -4.33. The minimum Gasteiger partial charge on any atom is -0.356 e. The Morgan fingerprint density at radius 3 is 2.58 bits per heavy atom. The fourth-order valence-corrected chi connectivity index (χ4v) is 3.16. The van der Waals surface area contributed by atoms with Crippen molar-refractivity contribution in [3.8, 4) is 5.69 Å². The van der Waals surface area contributed by atoms with E-state index < -0.39 is 11.7 Å². The summed E-state index contributed by atoms with van der Waals surface area (Å²) in [5, 5.41) is 14.5. The standard InChI is InChI=1S/C22H25F3N6/c1-16(17-7-6-8-18(13-17)22(23,24)25)11-12-27-21(26-2)28-14-20-30-29-15-31(20)19-9-4-3-5-10-19/h3-10,13,15-16H,11-12,14H2,1-2H3,(H2,26,27,28). The monoisotopic (exact) mass is 430 g/mol. The molecule has 3 aromatic rings. The van der Waals surface area contributed by atoms with Crippen molar-refractivity contribution in [1.29, 1.82) is 0 Å². The lowest BCUT2D eigenvalue weighted by Gasteiger charge is -2.16. The van der Waals surface area contributed by atoms with E-state index in [0.717, 1.165) is 17.6 Å². The summed E-state index contributed by atoms with van der Waals surface area (Å²) in [6, 6.07) is 15.2. The largest absolute Gasteiger partial charge is 0.416 e. The van der Waals surface area contributed by atoms with Gasteiger partial charge in [0, 0.05) is 19.3 Å². The third-order valence-corrected chi connectivity index (χ3v) is 4.94. The van der Waals surface area contributed by atoms with E-state index in [0.29, 0.717) is 31.0 Å². The van der Waals surface area contributed by atoms with Gasteiger partial charge < -0.3 is 10.6 Å². The number of nitrogens with one attached hydrogen (secondary N) is 2. The molecule has 0 amide bonds. The van der Waals surface area contributed by atoms with Gasteiger partial charge in [-0.2, -0.15) is 13.2 Å². The summed E-state index contributed by atoms with van der Waals surface area (Å²) in [6.45, 7) is 2.88. The number of aliphatic imine (C=N–C) groups is 1. The van der Waals surface area contributed by atoms with Crippen LogP contribution in [0.5, 0.6) is 0 Å². The molecule has 1 atom stereocenters. The summed E-state index contributed by atoms with van der Waals surface area (Å²) < 4.78 is 40.7. The Bertz CT molecular complexity index is 998. The Labute approximate surface area is 179 Å². The average Bonchev–Trinajstić information content (AvgIpc) is 3.24. The zero-order valence-corrected chi connectivity index (χ0v) is 17.4. The molecule has 9 heteroatoms. The van der Waals surface area contributed by atoms with Crippen LogP contribution in [0.3, 0.4) is 0 Å². The summed E-state index contributed by atoms with van der Waals surface area (Å²) in [7, 11) is 1.66. The number of hydrogen-bond donors (Lipinski definition) is 2. The second-order valence-corrected chi connectivity index (χ2v) is 7.12. The molecule has 0 aliphatic carbocycles. The molecular weight excluding hydrogens is 405 g/mol. The number of para-hydroxylation sites is 1. The quantitative estimate of drug-likeness (QED) is 0.437. The van der Waals surface area contributed by atoms with E-state index in [2.05, 4.69) is 25.8 Å². The maximum atomic E-state index is 12.9. The van der Waals surface area contributed by atoms with Crippen molar-refractivity contribution in [3.63, 3.8) is 0 Å². The van der Waals surface area contributed by atoms with E-state index in [9.17, 15) is 13.2 Å². The lowest BCUT2D eigenvalue weighted by molar-refractivity contribution is -0.137. The molecule has 0 spiro atoms. The molecule has 0 saturated heterocycles. The van der Waals surface area contributed by atoms with Crippen LogP contribution in [0, 0.1) is 0 Å². The molecule has 0 aliphatic heterocycles. The molecule has 6 nitrogen and oxygen atoms in total. The topological polar surface area (TPSA) is 67.1 Å². The lowest BCUT2D eigenvalue weighted by Crippen LogP contribution is -2.38. The minimum absolute atomic E-state index is 0.0333. The smallest absolute Gasteiger partial charge is 0.356 e. The van der Waals surface area contributed by atoms with E-state index in [1.807, 2.05) is 41.8 Å². The number of rotatable bonds is 7. The fourth-order valence-electron chi connectivity index (χ4n) is 3.16. The lowest BCUT2D eigenvalue weighted by atomic mass is 9.96. The van der Waals surface area contributed by atoms with Crippen LogP contribution in [0.2, 0.25) is 0 Å². The molecule has 2 N–H and O–H groups in total. The molecule has 1 unspecified atom stereocenters. The van der Waals surface area contributed by atoms with Crippen LogP contribution in [-0.2, 0) is 12.7 Å². The van der Waals surface area contributed by atoms with Gasteiger partial charge in [-0.3, -0.25) is 9.56 Å². The number of nitrogens with zero attached hydrogens (tertiary/aromatic N) is 4. The van der Waals surface area contributed by atoms with Gasteiger partial charge in [-0.15, -0.1) is 10.2 Å². The Morgan fingerprint density at radius 2 is 1.87 bits per heavy atom. The SMILES string of the molecule is CN=C(NCCC(C)c1cccc(C(F)(F)F)c1)NCc1nncn1-c1ccccc1. The third kappa shape index (κ3) is 6.07. The van der Waals surface area contributed by atoms with Gasteiger partial charge in [0.15, 0.2) is 11.8 Å². The second kappa shape index (κ2) is 10.1. The molecule has 0 radical (unpaired) electrons. The number of hydrogen-bond acceptors (Lipinski definition) is 3. The maximum Gasteiger partial charge on any atom is 0.416 e. The van der Waals surface area contributed by atoms with E-state index >= 15 is 0 Å². The molecule has 164 valence electrons. The van der Waals surface area contributed by atoms with Crippen molar-refractivity contribution in [1.82, 2.24) is 25.4 Å². The van der Waals surface area contributed by atoms with Gasteiger partial charge in [-0.05, 0) is 36.1 Å². The Hall–Kier alpha value is -3.36. The summed E-state index contributed by atoms with van der Waals surface area (Å²) >= 11 is 0. The molecule has 0 fully saturated rings. The zero-order valence-electron chi connectivity index (χ0n) is 17.4. The highest BCUT2D eigenvalue weighted by atomic mass is 19.4. The van der Waals surface area contributed by atoms with Crippen LogP contribution in [0.25, 0.3) is 5.69 Å². The van der Waals surface area contributed by atoms with Crippen LogP contribution in [0.1, 0.15) is 36.2 Å². The summed E-state index contributed by atoms with van der Waals surface area (Å²) in [5.41, 5.74) is 1.00. The summed E-state index contributed by atoms with van der Waals surface area (Å²) in [4.78, 5) is 4.19. The van der Waals surface area contributed by atoms with Gasteiger partial charge >= 0.3 is 6.18 Å². The Kier molecular flexibility index (Phi) is 7.28. The molecule has 0 saturated carbocycles. The molecule has 1 aromatic heterocycles. The third-order valence-electron chi connectivity index (χ3n) is 4.94. The molecular formula is C22H25F3N6. The highest BCUT2D eigenvalue weighted by molar-refractivity contribution is 5.79. The van der Waals surface area contributed by atoms with Gasteiger partial charge in [0.2, 0.25) is 0 Å². The Morgan fingerprint density at radius 1 is 1.10 bits per heavy atom. The number of guanidine groups is 1. The van der Waals surface area contributed by atoms with Gasteiger partial charge in [0.1, 0.15) is 6.33 Å². The predicted molar refractivity (Wildman–Crippen MR) is 114 cm³/mol. The summed E-state index contributed by atoms with van der Waals surface area (Å²) in [6.07, 6.45) is -2.03. The second-order valence-electron chi connectivity index (χ2n) is 7.12. The van der Waals surface area contributed by atoms with Crippen molar-refractivity contribution in [2.24, 2.45) is 4.99 Å². The Balaban J connectivity index is 1.51. The van der Waals surface area contributed by atoms with Crippen molar-refractivity contribution in [2.75, 3.05) is 13.6 Å². The molecule has 0 aliphatic rings. The zero-order chi connectivity index (χ0) is 22.3. The van der Waals surface area contributed by atoms with Crippen molar-refractivity contribution in [2.45, 2.75) is 32.0 Å². The molecule has 3 rings (SSSR count). The van der Waals surface area contributed by atoms with Gasteiger partial charge in [0.05, 0.1) is 12.1 Å². The molecule has 1 heterocycles. The molecule has 2 aromatic carbocycles. The van der Waals surface area contributed by atoms with E-state index in [1.54, 1.807) is 19.4 Å². The first-order valence-electron chi connectivity index (χ1n) is 9.94. The normalized spacial score (nSPS) is 13.1. The number of aromatic nitrogens is 3. The van der Waals surface area contributed by atoms with E-state index in [1.165, 1.54) is 12.1 Å². The number of halogens is 3.